The Morgan fingerprint density at radius 1 is 1.11 bits per heavy atom. The number of aryl methyl sites for hydroxylation is 1. The third-order valence-electron chi connectivity index (χ3n) is 6.14. The fourth-order valence-corrected chi connectivity index (χ4v) is 6.37. The van der Waals surface area contributed by atoms with Gasteiger partial charge in [0.25, 0.3) is 11.5 Å². The summed E-state index contributed by atoms with van der Waals surface area (Å²) in [5.74, 6) is 0.0510. The fraction of sp³-hybridized carbons (Fsp3) is 0.280. The van der Waals surface area contributed by atoms with Crippen LogP contribution in [0.3, 0.4) is 0 Å². The van der Waals surface area contributed by atoms with Crippen molar-refractivity contribution in [2.24, 2.45) is 0 Å². The van der Waals surface area contributed by atoms with Crippen LogP contribution in [0.15, 0.2) is 63.6 Å². The first-order chi connectivity index (χ1) is 17.8. The molecule has 37 heavy (non-hydrogen) atoms. The second-order valence-electron chi connectivity index (χ2n) is 8.66. The SMILES string of the molecule is CCc1cc(=O)[nH]c(-n2nc(-c3cccs3)cc2NC(=O)c2ccc(S(=O)(=O)N3CCCCC3)cc2)n1. The Labute approximate surface area is 218 Å². The quantitative estimate of drug-likeness (QED) is 0.369. The van der Waals surface area contributed by atoms with Crippen molar-refractivity contribution in [3.8, 4) is 16.5 Å². The van der Waals surface area contributed by atoms with E-state index in [-0.39, 0.29) is 22.0 Å². The molecule has 1 saturated heterocycles. The number of benzene rings is 1. The Morgan fingerprint density at radius 2 is 1.86 bits per heavy atom. The maximum absolute atomic E-state index is 13.1. The zero-order chi connectivity index (χ0) is 26.0. The van der Waals surface area contributed by atoms with Crippen molar-refractivity contribution in [3.05, 3.63) is 75.5 Å². The predicted octanol–water partition coefficient (Wildman–Crippen LogP) is 3.67. The molecule has 1 aliphatic rings. The Balaban J connectivity index is 1.44. The lowest BCUT2D eigenvalue weighted by molar-refractivity contribution is 0.102. The number of nitrogens with one attached hydrogen (secondary N) is 2. The van der Waals surface area contributed by atoms with E-state index >= 15 is 0 Å². The molecule has 3 aromatic heterocycles. The molecular weight excluding hydrogens is 512 g/mol. The van der Waals surface area contributed by atoms with E-state index in [4.69, 9.17) is 0 Å². The average Bonchev–Trinajstić information content (AvgIpc) is 3.59. The van der Waals surface area contributed by atoms with Crippen molar-refractivity contribution < 1.29 is 13.2 Å². The summed E-state index contributed by atoms with van der Waals surface area (Å²) >= 11 is 1.49. The first-order valence-electron chi connectivity index (χ1n) is 12.0. The van der Waals surface area contributed by atoms with Gasteiger partial charge in [-0.15, -0.1) is 11.3 Å². The number of amides is 1. The van der Waals surface area contributed by atoms with Crippen LogP contribution in [-0.2, 0) is 16.4 Å². The van der Waals surface area contributed by atoms with Crippen molar-refractivity contribution in [2.45, 2.75) is 37.5 Å². The molecule has 1 aromatic carbocycles. The number of thiophene rings is 1. The number of anilines is 1. The first-order valence-corrected chi connectivity index (χ1v) is 14.3. The van der Waals surface area contributed by atoms with Gasteiger partial charge >= 0.3 is 0 Å². The minimum Gasteiger partial charge on any atom is -0.306 e. The van der Waals surface area contributed by atoms with Crippen LogP contribution in [0.1, 0.15) is 42.2 Å². The number of carbonyl (C=O) groups is 1. The molecule has 0 unspecified atom stereocenters. The highest BCUT2D eigenvalue weighted by molar-refractivity contribution is 7.89. The molecular formula is C25H26N6O4S2. The highest BCUT2D eigenvalue weighted by atomic mass is 32.2. The molecule has 2 N–H and O–H groups in total. The molecule has 10 nitrogen and oxygen atoms in total. The third-order valence-corrected chi connectivity index (χ3v) is 8.94. The average molecular weight is 539 g/mol. The zero-order valence-electron chi connectivity index (χ0n) is 20.2. The van der Waals surface area contributed by atoms with E-state index in [0.29, 0.717) is 36.7 Å². The number of nitrogens with zero attached hydrogens (tertiary/aromatic N) is 4. The van der Waals surface area contributed by atoms with Gasteiger partial charge in [0.1, 0.15) is 11.5 Å². The highest BCUT2D eigenvalue weighted by Crippen LogP contribution is 2.28. The van der Waals surface area contributed by atoms with E-state index < -0.39 is 15.9 Å². The summed E-state index contributed by atoms with van der Waals surface area (Å²) in [6.45, 7) is 2.91. The molecule has 1 fully saturated rings. The summed E-state index contributed by atoms with van der Waals surface area (Å²) in [6.07, 6.45) is 3.29. The molecule has 4 aromatic rings. The molecule has 1 amide bonds. The van der Waals surface area contributed by atoms with Crippen LogP contribution in [0.2, 0.25) is 0 Å². The van der Waals surface area contributed by atoms with Crippen molar-refractivity contribution in [2.75, 3.05) is 18.4 Å². The number of hydrogen-bond acceptors (Lipinski definition) is 7. The topological polar surface area (TPSA) is 130 Å². The Morgan fingerprint density at radius 3 is 2.54 bits per heavy atom. The van der Waals surface area contributed by atoms with Crippen molar-refractivity contribution >= 4 is 33.1 Å². The van der Waals surface area contributed by atoms with Gasteiger partial charge in [-0.3, -0.25) is 14.6 Å². The maximum Gasteiger partial charge on any atom is 0.256 e. The van der Waals surface area contributed by atoms with Gasteiger partial charge in [0.2, 0.25) is 16.0 Å². The maximum atomic E-state index is 13.1. The molecule has 0 spiro atoms. The fourth-order valence-electron chi connectivity index (χ4n) is 4.17. The number of piperidine rings is 1. The summed E-state index contributed by atoms with van der Waals surface area (Å²) in [6, 6.07) is 12.8. The lowest BCUT2D eigenvalue weighted by Crippen LogP contribution is -2.35. The van der Waals surface area contributed by atoms with Crippen LogP contribution in [0.25, 0.3) is 16.5 Å². The largest absolute Gasteiger partial charge is 0.306 e. The van der Waals surface area contributed by atoms with E-state index in [1.54, 1.807) is 6.07 Å². The minimum atomic E-state index is -3.59. The monoisotopic (exact) mass is 538 g/mol. The van der Waals surface area contributed by atoms with Gasteiger partial charge in [0.05, 0.1) is 9.77 Å². The Hall–Kier alpha value is -3.61. The van der Waals surface area contributed by atoms with E-state index in [0.717, 1.165) is 24.1 Å². The number of aromatic amines is 1. The van der Waals surface area contributed by atoms with Crippen molar-refractivity contribution in [3.63, 3.8) is 0 Å². The number of H-pyrrole nitrogens is 1. The summed E-state index contributed by atoms with van der Waals surface area (Å²) in [4.78, 5) is 33.5. The lowest BCUT2D eigenvalue weighted by atomic mass is 10.2. The van der Waals surface area contributed by atoms with Gasteiger partial charge in [-0.2, -0.15) is 14.1 Å². The molecule has 12 heteroatoms. The smallest absolute Gasteiger partial charge is 0.256 e. The van der Waals surface area contributed by atoms with Crippen molar-refractivity contribution in [1.29, 1.82) is 0 Å². The molecule has 0 saturated carbocycles. The number of sulfonamides is 1. The summed E-state index contributed by atoms with van der Waals surface area (Å²) in [5, 5.41) is 9.33. The summed E-state index contributed by atoms with van der Waals surface area (Å²) < 4.78 is 28.8. The second kappa shape index (κ2) is 10.4. The molecule has 0 atom stereocenters. The molecule has 4 heterocycles. The van der Waals surface area contributed by atoms with E-state index in [9.17, 15) is 18.0 Å². The molecule has 1 aliphatic heterocycles. The number of hydrogen-bond donors (Lipinski definition) is 2. The third kappa shape index (κ3) is 5.26. The molecule has 0 aliphatic carbocycles. The number of aromatic nitrogens is 4. The van der Waals surface area contributed by atoms with Crippen LogP contribution in [0.4, 0.5) is 5.82 Å². The number of rotatable bonds is 7. The Kier molecular flexibility index (Phi) is 7.04. The lowest BCUT2D eigenvalue weighted by Gasteiger charge is -2.25. The zero-order valence-corrected chi connectivity index (χ0v) is 21.8. The van der Waals surface area contributed by atoms with Crippen LogP contribution in [-0.4, -0.2) is 51.5 Å². The van der Waals surface area contributed by atoms with Crippen LogP contribution in [0.5, 0.6) is 0 Å². The Bertz CT molecular complexity index is 1570. The summed E-state index contributed by atoms with van der Waals surface area (Å²) in [5.41, 5.74) is 1.16. The minimum absolute atomic E-state index is 0.161. The predicted molar refractivity (Wildman–Crippen MR) is 142 cm³/mol. The van der Waals surface area contributed by atoms with Gasteiger partial charge in [-0.05, 0) is 55.0 Å². The summed E-state index contributed by atoms with van der Waals surface area (Å²) in [7, 11) is -3.59. The molecule has 0 radical (unpaired) electrons. The second-order valence-corrected chi connectivity index (χ2v) is 11.5. The van der Waals surface area contributed by atoms with Crippen LogP contribution >= 0.6 is 11.3 Å². The van der Waals surface area contributed by atoms with Gasteiger partial charge in [0.15, 0.2) is 0 Å². The van der Waals surface area contributed by atoms with Crippen LogP contribution < -0.4 is 10.9 Å². The first kappa shape index (κ1) is 25.1. The van der Waals surface area contributed by atoms with Gasteiger partial charge in [-0.25, -0.2) is 13.4 Å². The molecule has 5 rings (SSSR count). The van der Waals surface area contributed by atoms with E-state index in [1.807, 2.05) is 24.4 Å². The molecule has 192 valence electrons. The standard InChI is InChI=1S/C25H26N6O4S2/c1-2-18-15-23(32)28-25(26-18)31-22(16-20(29-31)21-7-6-14-36-21)27-24(33)17-8-10-19(11-9-17)37(34,35)30-12-4-3-5-13-30/h6-11,14-16H,2-5,12-13H2,1H3,(H,27,33)(H,26,28,32). The van der Waals surface area contributed by atoms with Gasteiger partial charge in [-0.1, -0.05) is 19.4 Å². The van der Waals surface area contributed by atoms with E-state index in [1.165, 1.54) is 50.7 Å². The number of carbonyl (C=O) groups excluding carboxylic acids is 1. The van der Waals surface area contributed by atoms with Gasteiger partial charge in [0, 0.05) is 36.5 Å². The normalized spacial score (nSPS) is 14.5. The van der Waals surface area contributed by atoms with Crippen LogP contribution in [0, 0.1) is 0 Å². The van der Waals surface area contributed by atoms with Crippen molar-refractivity contribution in [1.82, 2.24) is 24.1 Å². The highest BCUT2D eigenvalue weighted by Gasteiger charge is 2.26. The molecule has 0 bridgehead atoms. The van der Waals surface area contributed by atoms with E-state index in [2.05, 4.69) is 20.4 Å². The van der Waals surface area contributed by atoms with Gasteiger partial charge < -0.3 is 5.32 Å².